The second-order valence-corrected chi connectivity index (χ2v) is 4.30. The first-order valence-corrected chi connectivity index (χ1v) is 6.34. The highest BCUT2D eigenvalue weighted by atomic mass is 16.5. The van der Waals surface area contributed by atoms with Crippen LogP contribution < -0.4 is 0 Å². The normalized spacial score (nSPS) is 17.4. The zero-order valence-electron chi connectivity index (χ0n) is 9.79. The number of hydrogen-bond acceptors (Lipinski definition) is 3. The minimum Gasteiger partial charge on any atom is -0.396 e. The fourth-order valence-corrected chi connectivity index (χ4v) is 1.96. The number of aliphatic hydroxyl groups excluding tert-OH is 1. The van der Waals surface area contributed by atoms with Gasteiger partial charge in [-0.2, -0.15) is 0 Å². The Morgan fingerprint density at radius 2 is 1.60 bits per heavy atom. The highest BCUT2D eigenvalue weighted by Crippen LogP contribution is 2.08. The van der Waals surface area contributed by atoms with Crippen molar-refractivity contribution in [3.63, 3.8) is 0 Å². The average Bonchev–Trinajstić information content (AvgIpc) is 2.75. The molecule has 0 aromatic heterocycles. The number of aliphatic hydroxyl groups is 1. The number of hydrogen-bond donors (Lipinski definition) is 1. The van der Waals surface area contributed by atoms with Gasteiger partial charge < -0.3 is 14.7 Å². The fraction of sp³-hybridized carbons (Fsp3) is 1.00. The van der Waals surface area contributed by atoms with Crippen LogP contribution in [0, 0.1) is 0 Å². The molecule has 0 radical (unpaired) electrons. The molecule has 0 aromatic carbocycles. The Hall–Kier alpha value is -0.120. The van der Waals surface area contributed by atoms with Crippen LogP contribution in [-0.4, -0.2) is 49.5 Å². The molecule has 1 aliphatic heterocycles. The van der Waals surface area contributed by atoms with Crippen molar-refractivity contribution in [2.24, 2.45) is 0 Å². The number of likely N-dealkylation sites (tertiary alicyclic amines) is 1. The highest BCUT2D eigenvalue weighted by Gasteiger charge is 2.09. The van der Waals surface area contributed by atoms with Gasteiger partial charge in [-0.15, -0.1) is 0 Å². The summed E-state index contributed by atoms with van der Waals surface area (Å²) in [4.78, 5) is 2.55. The van der Waals surface area contributed by atoms with Gasteiger partial charge in [0.2, 0.25) is 0 Å². The Kier molecular flexibility index (Phi) is 7.88. The number of nitrogens with zero attached hydrogens (tertiary/aromatic N) is 1. The summed E-state index contributed by atoms with van der Waals surface area (Å²) in [7, 11) is 0. The lowest BCUT2D eigenvalue weighted by Crippen LogP contribution is -2.20. The van der Waals surface area contributed by atoms with Gasteiger partial charge in [0.05, 0.1) is 0 Å². The molecule has 1 saturated heterocycles. The van der Waals surface area contributed by atoms with Crippen LogP contribution in [0.3, 0.4) is 0 Å². The van der Waals surface area contributed by atoms with Crippen LogP contribution in [0.1, 0.15) is 38.5 Å². The molecule has 3 nitrogen and oxygen atoms in total. The van der Waals surface area contributed by atoms with Gasteiger partial charge in [0, 0.05) is 19.8 Å². The molecule has 90 valence electrons. The van der Waals surface area contributed by atoms with E-state index in [0.717, 1.165) is 26.1 Å². The van der Waals surface area contributed by atoms with E-state index in [1.165, 1.54) is 45.3 Å². The number of unbranched alkanes of at least 4 members (excludes halogenated alkanes) is 2. The van der Waals surface area contributed by atoms with Crippen molar-refractivity contribution < 1.29 is 9.84 Å². The van der Waals surface area contributed by atoms with Crippen LogP contribution in [0.5, 0.6) is 0 Å². The molecular formula is C12H25NO2. The van der Waals surface area contributed by atoms with Crippen LogP contribution >= 0.6 is 0 Å². The van der Waals surface area contributed by atoms with Crippen molar-refractivity contribution in [2.45, 2.75) is 38.5 Å². The van der Waals surface area contributed by atoms with E-state index < -0.39 is 0 Å². The van der Waals surface area contributed by atoms with Crippen LogP contribution in [0.4, 0.5) is 0 Å². The Morgan fingerprint density at radius 3 is 2.27 bits per heavy atom. The van der Waals surface area contributed by atoms with Crippen molar-refractivity contribution in [2.75, 3.05) is 39.5 Å². The van der Waals surface area contributed by atoms with E-state index in [0.29, 0.717) is 6.61 Å². The molecule has 0 aromatic rings. The summed E-state index contributed by atoms with van der Waals surface area (Å²) >= 11 is 0. The topological polar surface area (TPSA) is 32.7 Å². The zero-order chi connectivity index (χ0) is 10.8. The quantitative estimate of drug-likeness (QED) is 0.594. The second kappa shape index (κ2) is 9.13. The van der Waals surface area contributed by atoms with Gasteiger partial charge in [0.25, 0.3) is 0 Å². The second-order valence-electron chi connectivity index (χ2n) is 4.30. The minimum absolute atomic E-state index is 0.290. The summed E-state index contributed by atoms with van der Waals surface area (Å²) in [6, 6.07) is 0. The predicted octanol–water partition coefficient (Wildman–Crippen LogP) is 1.65. The molecule has 0 bridgehead atoms. The molecule has 0 unspecified atom stereocenters. The fourth-order valence-electron chi connectivity index (χ4n) is 1.96. The summed E-state index contributed by atoms with van der Waals surface area (Å²) < 4.78 is 5.47. The maximum Gasteiger partial charge on any atom is 0.0466 e. The SMILES string of the molecule is OCCCCOCCCCN1CCCC1. The molecule has 1 fully saturated rings. The largest absolute Gasteiger partial charge is 0.396 e. The van der Waals surface area contributed by atoms with Crippen molar-refractivity contribution in [3.05, 3.63) is 0 Å². The number of rotatable bonds is 9. The van der Waals surface area contributed by atoms with Gasteiger partial charge in [-0.05, 0) is 58.2 Å². The summed E-state index contributed by atoms with van der Waals surface area (Å²) in [5.74, 6) is 0. The van der Waals surface area contributed by atoms with E-state index in [2.05, 4.69) is 4.90 Å². The van der Waals surface area contributed by atoms with E-state index in [9.17, 15) is 0 Å². The Labute approximate surface area is 93.4 Å². The van der Waals surface area contributed by atoms with E-state index in [1.54, 1.807) is 0 Å². The Balaban J connectivity index is 1.73. The third-order valence-electron chi connectivity index (χ3n) is 2.91. The first kappa shape index (κ1) is 12.9. The summed E-state index contributed by atoms with van der Waals surface area (Å²) in [6.45, 7) is 5.84. The van der Waals surface area contributed by atoms with Gasteiger partial charge in [0.1, 0.15) is 0 Å². The monoisotopic (exact) mass is 215 g/mol. The number of ether oxygens (including phenoxy) is 1. The highest BCUT2D eigenvalue weighted by molar-refractivity contribution is 4.65. The molecule has 1 aliphatic rings. The molecule has 1 rings (SSSR count). The summed E-state index contributed by atoms with van der Waals surface area (Å²) in [5, 5.41) is 8.57. The first-order chi connectivity index (χ1) is 7.43. The maximum atomic E-state index is 8.57. The lowest BCUT2D eigenvalue weighted by Gasteiger charge is -2.13. The van der Waals surface area contributed by atoms with Gasteiger partial charge >= 0.3 is 0 Å². The predicted molar refractivity (Wildman–Crippen MR) is 62.0 cm³/mol. The Morgan fingerprint density at radius 1 is 0.933 bits per heavy atom. The van der Waals surface area contributed by atoms with Crippen molar-refractivity contribution in [3.8, 4) is 0 Å². The molecular weight excluding hydrogens is 190 g/mol. The van der Waals surface area contributed by atoms with Crippen LogP contribution in [-0.2, 0) is 4.74 Å². The molecule has 0 spiro atoms. The third kappa shape index (κ3) is 6.88. The van der Waals surface area contributed by atoms with Gasteiger partial charge in [0.15, 0.2) is 0 Å². The summed E-state index contributed by atoms with van der Waals surface area (Å²) in [6.07, 6.45) is 7.07. The van der Waals surface area contributed by atoms with Crippen LogP contribution in [0.15, 0.2) is 0 Å². The minimum atomic E-state index is 0.290. The van der Waals surface area contributed by atoms with Crippen molar-refractivity contribution >= 4 is 0 Å². The van der Waals surface area contributed by atoms with E-state index in [1.807, 2.05) is 0 Å². The lowest BCUT2D eigenvalue weighted by molar-refractivity contribution is 0.119. The van der Waals surface area contributed by atoms with Gasteiger partial charge in [-0.3, -0.25) is 0 Å². The van der Waals surface area contributed by atoms with Crippen LogP contribution in [0.2, 0.25) is 0 Å². The van der Waals surface area contributed by atoms with E-state index in [4.69, 9.17) is 9.84 Å². The molecule has 0 aliphatic carbocycles. The maximum absolute atomic E-state index is 8.57. The lowest BCUT2D eigenvalue weighted by atomic mass is 10.3. The standard InChI is InChI=1S/C12H25NO2/c14-10-4-6-12-15-11-5-3-9-13-7-1-2-8-13/h14H,1-12H2. The van der Waals surface area contributed by atoms with Gasteiger partial charge in [-0.25, -0.2) is 0 Å². The van der Waals surface area contributed by atoms with Gasteiger partial charge in [-0.1, -0.05) is 0 Å². The van der Waals surface area contributed by atoms with Crippen molar-refractivity contribution in [1.29, 1.82) is 0 Å². The Bertz CT molecular complexity index is 136. The molecule has 1 N–H and O–H groups in total. The van der Waals surface area contributed by atoms with Crippen LogP contribution in [0.25, 0.3) is 0 Å². The average molecular weight is 215 g/mol. The molecule has 3 heteroatoms. The molecule has 15 heavy (non-hydrogen) atoms. The zero-order valence-corrected chi connectivity index (χ0v) is 9.79. The van der Waals surface area contributed by atoms with Crippen molar-refractivity contribution in [1.82, 2.24) is 4.90 Å². The molecule has 0 amide bonds. The van der Waals surface area contributed by atoms with E-state index in [-0.39, 0.29) is 0 Å². The van der Waals surface area contributed by atoms with E-state index >= 15 is 0 Å². The molecule has 0 saturated carbocycles. The molecule has 0 atom stereocenters. The smallest absolute Gasteiger partial charge is 0.0466 e. The summed E-state index contributed by atoms with van der Waals surface area (Å²) in [5.41, 5.74) is 0. The first-order valence-electron chi connectivity index (χ1n) is 6.34. The third-order valence-corrected chi connectivity index (χ3v) is 2.91. The molecule has 1 heterocycles.